The Labute approximate surface area is 180 Å². The maximum Gasteiger partial charge on any atom is 0.352 e. The topological polar surface area (TPSA) is 80.1 Å². The van der Waals surface area contributed by atoms with Gasteiger partial charge in [-0.1, -0.05) is 43.7 Å². The lowest BCUT2D eigenvalue weighted by Gasteiger charge is -2.48. The fourth-order valence-electron chi connectivity index (χ4n) is 5.20. The Hall–Kier alpha value is -3.35. The van der Waals surface area contributed by atoms with E-state index >= 15 is 0 Å². The minimum Gasteiger partial charge on any atom is -0.332 e. The van der Waals surface area contributed by atoms with Crippen molar-refractivity contribution in [2.45, 2.75) is 57.0 Å². The lowest BCUT2D eigenvalue weighted by Crippen LogP contribution is -2.54. The maximum absolute atomic E-state index is 13.4. The van der Waals surface area contributed by atoms with Crippen LogP contribution in [0.4, 0.5) is 0 Å². The quantitative estimate of drug-likeness (QED) is 0.774. The van der Waals surface area contributed by atoms with Crippen molar-refractivity contribution in [1.82, 2.24) is 19.2 Å². The molecule has 1 spiro atoms. The van der Waals surface area contributed by atoms with Crippen molar-refractivity contribution in [2.24, 2.45) is 0 Å². The lowest BCUT2D eigenvalue weighted by atomic mass is 9.71. The van der Waals surface area contributed by atoms with Crippen LogP contribution in [-0.2, 0) is 4.79 Å². The molecule has 5 rings (SSSR count). The van der Waals surface area contributed by atoms with Crippen molar-refractivity contribution in [3.63, 3.8) is 0 Å². The summed E-state index contributed by atoms with van der Waals surface area (Å²) in [5.41, 5.74) is 0.903. The Balaban J connectivity index is 1.70. The van der Waals surface area contributed by atoms with Gasteiger partial charge < -0.3 is 4.90 Å². The molecule has 31 heavy (non-hydrogen) atoms. The average molecular weight is 418 g/mol. The molecule has 3 heterocycles. The Morgan fingerprint density at radius 1 is 1.16 bits per heavy atom. The number of nitrogens with one attached hydrogen (secondary N) is 1. The number of unbranched alkanes of at least 4 members (excludes halogenated alkanes) is 1. The fourth-order valence-corrected chi connectivity index (χ4v) is 5.20. The molecule has 1 aromatic heterocycles. The van der Waals surface area contributed by atoms with Crippen LogP contribution in [0.5, 0.6) is 0 Å². The van der Waals surface area contributed by atoms with Crippen LogP contribution in [0.2, 0.25) is 0 Å². The summed E-state index contributed by atoms with van der Waals surface area (Å²) in [4.78, 5) is 41.2. The number of aromatic amines is 1. The van der Waals surface area contributed by atoms with Gasteiger partial charge in [-0.15, -0.1) is 0 Å². The Bertz CT molecular complexity index is 1230. The predicted molar refractivity (Wildman–Crippen MR) is 118 cm³/mol. The number of hydrogen-bond donors (Lipinski definition) is 1. The van der Waals surface area contributed by atoms with E-state index in [0.29, 0.717) is 5.69 Å². The molecule has 2 aliphatic heterocycles. The molecular formula is C24H26N4O3. The Morgan fingerprint density at radius 2 is 1.97 bits per heavy atom. The molecule has 1 saturated carbocycles. The van der Waals surface area contributed by atoms with E-state index < -0.39 is 23.0 Å². The molecular weight excluding hydrogens is 392 g/mol. The molecule has 0 bridgehead atoms. The summed E-state index contributed by atoms with van der Waals surface area (Å²) in [7, 11) is 0. The number of ketones is 1. The zero-order valence-electron chi connectivity index (χ0n) is 17.6. The zero-order valence-corrected chi connectivity index (χ0v) is 17.6. The first-order chi connectivity index (χ1) is 15.1. The SMILES string of the molecule is CCC/C=C1/[C@H](n2[nH]c(=O)n(-c3ccccc3)c2=O)C=C2CCCC[C@]23C(=O)C=CN13. The summed E-state index contributed by atoms with van der Waals surface area (Å²) in [6.45, 7) is 2.09. The van der Waals surface area contributed by atoms with E-state index in [1.54, 1.807) is 30.3 Å². The van der Waals surface area contributed by atoms with Crippen LogP contribution in [0.15, 0.2) is 75.6 Å². The molecule has 3 aliphatic rings. The molecule has 2 atom stereocenters. The second kappa shape index (κ2) is 7.41. The standard InChI is InChI=1S/C24H26N4O3/c1-2-3-12-19-20(16-17-9-7-8-14-24(17)21(29)13-15-26(19)24)28-23(31)27(22(30)25-28)18-10-5-4-6-11-18/h4-6,10-13,15-16,20H,2-3,7-9,14H2,1H3,(H,25,30)/b19-12-/t20-,24-/m1/s1. The number of aromatic nitrogens is 3. The van der Waals surface area contributed by atoms with Gasteiger partial charge in [0.05, 0.1) is 5.69 Å². The van der Waals surface area contributed by atoms with Gasteiger partial charge in [0.2, 0.25) is 0 Å². The highest BCUT2D eigenvalue weighted by molar-refractivity contribution is 6.03. The smallest absolute Gasteiger partial charge is 0.332 e. The highest BCUT2D eigenvalue weighted by Gasteiger charge is 2.53. The molecule has 0 amide bonds. The van der Waals surface area contributed by atoms with Crippen molar-refractivity contribution in [3.05, 3.63) is 87.0 Å². The van der Waals surface area contributed by atoms with Crippen LogP contribution in [-0.4, -0.2) is 30.6 Å². The predicted octanol–water partition coefficient (Wildman–Crippen LogP) is 3.20. The van der Waals surface area contributed by atoms with E-state index in [-0.39, 0.29) is 5.78 Å². The van der Waals surface area contributed by atoms with Gasteiger partial charge in [0, 0.05) is 18.0 Å². The first-order valence-corrected chi connectivity index (χ1v) is 11.0. The molecule has 0 saturated heterocycles. The van der Waals surface area contributed by atoms with E-state index in [2.05, 4.69) is 23.0 Å². The van der Waals surface area contributed by atoms with E-state index in [1.165, 1.54) is 4.68 Å². The minimum absolute atomic E-state index is 0.113. The Kier molecular flexibility index (Phi) is 4.68. The molecule has 0 unspecified atom stereocenters. The maximum atomic E-state index is 13.4. The van der Waals surface area contributed by atoms with Crippen LogP contribution in [0, 0.1) is 0 Å². The first kappa shape index (κ1) is 19.6. The minimum atomic E-state index is -0.653. The van der Waals surface area contributed by atoms with Crippen LogP contribution < -0.4 is 11.4 Å². The highest BCUT2D eigenvalue weighted by atomic mass is 16.2. The van der Waals surface area contributed by atoms with Gasteiger partial charge in [0.1, 0.15) is 11.6 Å². The van der Waals surface area contributed by atoms with E-state index in [4.69, 9.17) is 0 Å². The number of H-pyrrole nitrogens is 1. The largest absolute Gasteiger partial charge is 0.352 e. The van der Waals surface area contributed by atoms with E-state index in [1.807, 2.05) is 18.3 Å². The first-order valence-electron chi connectivity index (χ1n) is 11.0. The summed E-state index contributed by atoms with van der Waals surface area (Å²) in [6, 6.07) is 8.45. The average Bonchev–Trinajstić information content (AvgIpc) is 3.27. The van der Waals surface area contributed by atoms with Crippen molar-refractivity contribution in [1.29, 1.82) is 0 Å². The molecule has 0 radical (unpaired) electrons. The van der Waals surface area contributed by atoms with Gasteiger partial charge in [-0.05, 0) is 49.8 Å². The van der Waals surface area contributed by atoms with Crippen molar-refractivity contribution < 1.29 is 4.79 Å². The molecule has 2 aromatic rings. The van der Waals surface area contributed by atoms with Crippen molar-refractivity contribution in [3.8, 4) is 5.69 Å². The second-order valence-electron chi connectivity index (χ2n) is 8.41. The lowest BCUT2D eigenvalue weighted by molar-refractivity contribution is -0.121. The molecule has 1 N–H and O–H groups in total. The number of nitrogens with zero attached hydrogens (tertiary/aromatic N) is 3. The zero-order chi connectivity index (χ0) is 21.6. The van der Waals surface area contributed by atoms with E-state index in [0.717, 1.165) is 54.4 Å². The van der Waals surface area contributed by atoms with Gasteiger partial charge in [-0.2, -0.15) is 0 Å². The normalized spacial score (nSPS) is 26.2. The monoisotopic (exact) mass is 418 g/mol. The summed E-state index contributed by atoms with van der Waals surface area (Å²) in [5.74, 6) is 0.113. The third-order valence-electron chi connectivity index (χ3n) is 6.65. The number of carbonyl (C=O) groups is 1. The van der Waals surface area contributed by atoms with Crippen LogP contribution in [0.1, 0.15) is 51.5 Å². The van der Waals surface area contributed by atoms with Crippen LogP contribution in [0.25, 0.3) is 5.69 Å². The van der Waals surface area contributed by atoms with Gasteiger partial charge in [0.25, 0.3) is 0 Å². The number of benzene rings is 1. The molecule has 1 fully saturated rings. The van der Waals surface area contributed by atoms with Crippen molar-refractivity contribution >= 4 is 5.78 Å². The van der Waals surface area contributed by atoms with E-state index in [9.17, 15) is 14.4 Å². The fraction of sp³-hybridized carbons (Fsp3) is 0.375. The van der Waals surface area contributed by atoms with Gasteiger partial charge >= 0.3 is 11.4 Å². The number of allylic oxidation sites excluding steroid dienone is 2. The highest BCUT2D eigenvalue weighted by Crippen LogP contribution is 2.50. The third kappa shape index (κ3) is 2.83. The summed E-state index contributed by atoms with van der Waals surface area (Å²) in [5, 5.41) is 2.76. The van der Waals surface area contributed by atoms with Crippen LogP contribution in [0.3, 0.4) is 0 Å². The van der Waals surface area contributed by atoms with Gasteiger partial charge in [-0.25, -0.2) is 23.9 Å². The summed E-state index contributed by atoms with van der Waals surface area (Å²) < 4.78 is 2.56. The molecule has 7 nitrogen and oxygen atoms in total. The Morgan fingerprint density at radius 3 is 2.74 bits per heavy atom. The third-order valence-corrected chi connectivity index (χ3v) is 6.65. The summed E-state index contributed by atoms with van der Waals surface area (Å²) in [6.07, 6.45) is 13.0. The number of para-hydroxylation sites is 1. The number of hydrogen-bond acceptors (Lipinski definition) is 4. The molecule has 7 heteroatoms. The molecule has 160 valence electrons. The molecule has 1 aromatic carbocycles. The molecule has 1 aliphatic carbocycles. The number of carbonyl (C=O) groups excluding carboxylic acids is 1. The second-order valence-corrected chi connectivity index (χ2v) is 8.41. The summed E-state index contributed by atoms with van der Waals surface area (Å²) >= 11 is 0. The van der Waals surface area contributed by atoms with Gasteiger partial charge in [-0.3, -0.25) is 4.79 Å². The van der Waals surface area contributed by atoms with Crippen LogP contribution >= 0.6 is 0 Å². The van der Waals surface area contributed by atoms with Crippen molar-refractivity contribution in [2.75, 3.05) is 0 Å². The van der Waals surface area contributed by atoms with Gasteiger partial charge in [0.15, 0.2) is 5.78 Å². The number of rotatable bonds is 4.